The van der Waals surface area contributed by atoms with E-state index in [1.807, 2.05) is 11.3 Å². The Kier molecular flexibility index (Phi) is 3.36. The molecule has 0 atom stereocenters. The van der Waals surface area contributed by atoms with E-state index in [4.69, 9.17) is 0 Å². The summed E-state index contributed by atoms with van der Waals surface area (Å²) < 4.78 is 2.72. The van der Waals surface area contributed by atoms with Gasteiger partial charge >= 0.3 is 0 Å². The van der Waals surface area contributed by atoms with E-state index in [1.54, 1.807) is 0 Å². The fourth-order valence-electron chi connectivity index (χ4n) is 2.17. The predicted molar refractivity (Wildman–Crippen MR) is 71.2 cm³/mol. The van der Waals surface area contributed by atoms with Gasteiger partial charge in [0.2, 0.25) is 0 Å². The standard InChI is InChI=1S/C14H13NS.ClH/c1-3-12-14-11(8-9(2)15-12)10-6-4-5-7-13(10)16-14;/h4-8H,3H2,1-2H3;1H/p-1. The molecule has 0 aliphatic carbocycles. The molecule has 3 heteroatoms. The second-order valence-corrected chi connectivity index (χ2v) is 5.09. The summed E-state index contributed by atoms with van der Waals surface area (Å²) in [6.45, 7) is 4.25. The highest BCUT2D eigenvalue weighted by atomic mass is 35.5. The van der Waals surface area contributed by atoms with E-state index in [9.17, 15) is 0 Å². The van der Waals surface area contributed by atoms with Crippen LogP contribution < -0.4 is 12.4 Å². The maximum absolute atomic E-state index is 4.63. The molecule has 2 heterocycles. The Labute approximate surface area is 111 Å². The molecule has 3 rings (SSSR count). The molecule has 0 saturated carbocycles. The van der Waals surface area contributed by atoms with Gasteiger partial charge in [0.1, 0.15) is 0 Å². The normalized spacial score (nSPS) is 10.7. The predicted octanol–water partition coefficient (Wildman–Crippen LogP) is 1.32. The molecule has 2 aromatic heterocycles. The lowest BCUT2D eigenvalue weighted by atomic mass is 10.1. The van der Waals surface area contributed by atoms with Gasteiger partial charge in [0.25, 0.3) is 0 Å². The SMILES string of the molecule is CCc1nc(C)cc2c1sc1ccccc12.[Cl-]. The first-order valence-electron chi connectivity index (χ1n) is 5.57. The number of hydrogen-bond donors (Lipinski definition) is 0. The van der Waals surface area contributed by atoms with Crippen molar-refractivity contribution in [2.45, 2.75) is 20.3 Å². The van der Waals surface area contributed by atoms with Gasteiger partial charge in [-0.1, -0.05) is 25.1 Å². The van der Waals surface area contributed by atoms with Crippen LogP contribution in [-0.4, -0.2) is 4.98 Å². The highest BCUT2D eigenvalue weighted by Gasteiger charge is 2.09. The van der Waals surface area contributed by atoms with Gasteiger partial charge in [0, 0.05) is 21.2 Å². The molecule has 0 aliphatic heterocycles. The Morgan fingerprint density at radius 3 is 2.71 bits per heavy atom. The average Bonchev–Trinajstić information content (AvgIpc) is 2.67. The first kappa shape index (κ1) is 12.3. The van der Waals surface area contributed by atoms with Crippen LogP contribution in [0.15, 0.2) is 30.3 Å². The Balaban J connectivity index is 0.00000108. The number of hydrogen-bond acceptors (Lipinski definition) is 2. The van der Waals surface area contributed by atoms with E-state index >= 15 is 0 Å². The Morgan fingerprint density at radius 2 is 1.94 bits per heavy atom. The van der Waals surface area contributed by atoms with Crippen molar-refractivity contribution in [3.05, 3.63) is 41.7 Å². The number of nitrogens with zero attached hydrogens (tertiary/aromatic N) is 1. The van der Waals surface area contributed by atoms with Gasteiger partial charge < -0.3 is 12.4 Å². The maximum atomic E-state index is 4.63. The van der Waals surface area contributed by atoms with E-state index in [1.165, 1.54) is 25.9 Å². The third-order valence-electron chi connectivity index (χ3n) is 2.90. The molecule has 1 nitrogen and oxygen atoms in total. The van der Waals surface area contributed by atoms with Gasteiger partial charge in [-0.05, 0) is 25.5 Å². The van der Waals surface area contributed by atoms with Crippen LogP contribution >= 0.6 is 11.3 Å². The maximum Gasteiger partial charge on any atom is 0.0582 e. The van der Waals surface area contributed by atoms with E-state index in [0.29, 0.717) is 0 Å². The van der Waals surface area contributed by atoms with Crippen LogP contribution in [0.2, 0.25) is 0 Å². The smallest absolute Gasteiger partial charge is 0.0582 e. The summed E-state index contributed by atoms with van der Waals surface area (Å²) in [6, 6.07) is 10.8. The molecule has 0 amide bonds. The molecule has 0 bridgehead atoms. The van der Waals surface area contributed by atoms with Crippen LogP contribution in [0.25, 0.3) is 20.2 Å². The fraction of sp³-hybridized carbons (Fsp3) is 0.214. The molecule has 88 valence electrons. The summed E-state index contributed by atoms with van der Waals surface area (Å²) in [5.74, 6) is 0. The van der Waals surface area contributed by atoms with Gasteiger partial charge in [-0.2, -0.15) is 0 Å². The average molecular weight is 263 g/mol. The topological polar surface area (TPSA) is 12.9 Å². The molecule has 0 aliphatic rings. The third-order valence-corrected chi connectivity index (χ3v) is 4.13. The minimum atomic E-state index is 0. The lowest BCUT2D eigenvalue weighted by molar-refractivity contribution is -0.00000323. The quantitative estimate of drug-likeness (QED) is 0.645. The second-order valence-electron chi connectivity index (χ2n) is 4.04. The lowest BCUT2D eigenvalue weighted by Gasteiger charge is -2.00. The minimum Gasteiger partial charge on any atom is -1.00 e. The summed E-state index contributed by atoms with van der Waals surface area (Å²) >= 11 is 1.86. The van der Waals surface area contributed by atoms with Crippen LogP contribution in [-0.2, 0) is 6.42 Å². The van der Waals surface area contributed by atoms with Crippen molar-refractivity contribution in [2.24, 2.45) is 0 Å². The van der Waals surface area contributed by atoms with Gasteiger partial charge in [-0.3, -0.25) is 4.98 Å². The monoisotopic (exact) mass is 262 g/mol. The molecule has 3 aromatic rings. The largest absolute Gasteiger partial charge is 1.00 e. The van der Waals surface area contributed by atoms with Gasteiger partial charge in [-0.15, -0.1) is 11.3 Å². The zero-order valence-electron chi connectivity index (χ0n) is 9.83. The highest BCUT2D eigenvalue weighted by Crippen LogP contribution is 2.35. The van der Waals surface area contributed by atoms with Crippen LogP contribution in [0.3, 0.4) is 0 Å². The van der Waals surface area contributed by atoms with E-state index < -0.39 is 0 Å². The Morgan fingerprint density at radius 1 is 1.18 bits per heavy atom. The van der Waals surface area contributed by atoms with Gasteiger partial charge in [-0.25, -0.2) is 0 Å². The fourth-order valence-corrected chi connectivity index (χ4v) is 3.41. The molecule has 0 N–H and O–H groups in total. The van der Waals surface area contributed by atoms with Crippen LogP contribution in [0.5, 0.6) is 0 Å². The van der Waals surface area contributed by atoms with Crippen molar-refractivity contribution in [3.63, 3.8) is 0 Å². The number of halogens is 1. The van der Waals surface area contributed by atoms with Crippen LogP contribution in [0.1, 0.15) is 18.3 Å². The first-order valence-corrected chi connectivity index (χ1v) is 6.39. The van der Waals surface area contributed by atoms with E-state index in [-0.39, 0.29) is 12.4 Å². The molecule has 0 spiro atoms. The summed E-state index contributed by atoms with van der Waals surface area (Å²) in [7, 11) is 0. The number of aryl methyl sites for hydroxylation is 2. The van der Waals surface area contributed by atoms with Crippen molar-refractivity contribution in [3.8, 4) is 0 Å². The zero-order valence-corrected chi connectivity index (χ0v) is 11.4. The van der Waals surface area contributed by atoms with Crippen molar-refractivity contribution >= 4 is 31.5 Å². The van der Waals surface area contributed by atoms with Gasteiger partial charge in [0.05, 0.1) is 10.4 Å². The summed E-state index contributed by atoms with van der Waals surface area (Å²) in [6.07, 6.45) is 1.00. The number of aromatic nitrogens is 1. The number of thiophene rings is 1. The van der Waals surface area contributed by atoms with Gasteiger partial charge in [0.15, 0.2) is 0 Å². The van der Waals surface area contributed by atoms with E-state index in [2.05, 4.69) is 49.2 Å². The van der Waals surface area contributed by atoms with Crippen molar-refractivity contribution < 1.29 is 12.4 Å². The number of pyridine rings is 1. The number of benzene rings is 1. The summed E-state index contributed by atoms with van der Waals surface area (Å²) in [5.41, 5.74) is 2.35. The molecule has 0 fully saturated rings. The third kappa shape index (κ3) is 1.92. The molecule has 0 saturated heterocycles. The van der Waals surface area contributed by atoms with Crippen molar-refractivity contribution in [1.82, 2.24) is 4.98 Å². The van der Waals surface area contributed by atoms with Crippen LogP contribution in [0, 0.1) is 6.92 Å². The number of rotatable bonds is 1. The molecule has 1 aromatic carbocycles. The van der Waals surface area contributed by atoms with Crippen molar-refractivity contribution in [1.29, 1.82) is 0 Å². The summed E-state index contributed by atoms with van der Waals surface area (Å²) in [4.78, 5) is 4.63. The zero-order chi connectivity index (χ0) is 11.1. The lowest BCUT2D eigenvalue weighted by Crippen LogP contribution is -3.00. The first-order chi connectivity index (χ1) is 7.79. The Hall–Kier alpha value is -1.12. The summed E-state index contributed by atoms with van der Waals surface area (Å²) in [5, 5.41) is 2.73. The van der Waals surface area contributed by atoms with Crippen molar-refractivity contribution in [2.75, 3.05) is 0 Å². The molecule has 0 radical (unpaired) electrons. The second kappa shape index (κ2) is 4.63. The highest BCUT2D eigenvalue weighted by molar-refractivity contribution is 7.26. The molecular formula is C14H13ClNS-. The molecule has 17 heavy (non-hydrogen) atoms. The molecular weight excluding hydrogens is 250 g/mol. The van der Waals surface area contributed by atoms with Crippen LogP contribution in [0.4, 0.5) is 0 Å². The number of fused-ring (bicyclic) bond motifs is 3. The molecule has 0 unspecified atom stereocenters. The minimum absolute atomic E-state index is 0. The van der Waals surface area contributed by atoms with E-state index in [0.717, 1.165) is 12.1 Å². The Bertz CT molecular complexity index is 672.